The van der Waals surface area contributed by atoms with Crippen LogP contribution in [-0.2, 0) is 4.79 Å². The van der Waals surface area contributed by atoms with E-state index < -0.39 is 0 Å². The van der Waals surface area contributed by atoms with E-state index in [0.29, 0.717) is 20.3 Å². The van der Waals surface area contributed by atoms with E-state index >= 15 is 0 Å². The molecule has 0 saturated heterocycles. The highest BCUT2D eigenvalue weighted by Crippen LogP contribution is 2.36. The molecule has 0 unspecified atom stereocenters. The Labute approximate surface area is 125 Å². The SMILES string of the molecule is O=C1C=CC(=Nc2cc(Br)c(O)c(Br)c2)C=C1Cl. The topological polar surface area (TPSA) is 49.7 Å². The van der Waals surface area contributed by atoms with Crippen molar-refractivity contribution in [2.45, 2.75) is 0 Å². The highest BCUT2D eigenvalue weighted by Gasteiger charge is 2.10. The van der Waals surface area contributed by atoms with Gasteiger partial charge in [-0.15, -0.1) is 0 Å². The van der Waals surface area contributed by atoms with Crippen LogP contribution in [0.4, 0.5) is 5.69 Å². The van der Waals surface area contributed by atoms with E-state index in [1.165, 1.54) is 12.2 Å². The van der Waals surface area contributed by atoms with Crippen LogP contribution in [0.15, 0.2) is 49.3 Å². The molecule has 0 heterocycles. The first-order valence-electron chi connectivity index (χ1n) is 4.83. The summed E-state index contributed by atoms with van der Waals surface area (Å²) in [6.45, 7) is 0. The van der Waals surface area contributed by atoms with Crippen LogP contribution >= 0.6 is 43.5 Å². The number of nitrogens with zero attached hydrogens (tertiary/aromatic N) is 1. The number of aromatic hydroxyl groups is 1. The summed E-state index contributed by atoms with van der Waals surface area (Å²) in [7, 11) is 0. The third-order valence-corrected chi connectivity index (χ3v) is 3.68. The number of halogens is 3. The lowest BCUT2D eigenvalue weighted by Crippen LogP contribution is -2.03. The number of hydrogen-bond acceptors (Lipinski definition) is 3. The largest absolute Gasteiger partial charge is 0.506 e. The summed E-state index contributed by atoms with van der Waals surface area (Å²) in [6, 6.07) is 3.33. The van der Waals surface area contributed by atoms with E-state index in [-0.39, 0.29) is 16.6 Å². The molecule has 3 nitrogen and oxygen atoms in total. The highest BCUT2D eigenvalue weighted by atomic mass is 79.9. The summed E-state index contributed by atoms with van der Waals surface area (Å²) < 4.78 is 1.06. The first-order valence-corrected chi connectivity index (χ1v) is 6.80. The second-order valence-corrected chi connectivity index (χ2v) is 5.60. The van der Waals surface area contributed by atoms with E-state index in [4.69, 9.17) is 11.6 Å². The molecule has 0 amide bonds. The molecule has 1 aromatic rings. The number of carbonyl (C=O) groups excluding carboxylic acids is 1. The maximum atomic E-state index is 11.2. The summed E-state index contributed by atoms with van der Waals surface area (Å²) in [4.78, 5) is 15.5. The molecule has 0 aromatic heterocycles. The summed E-state index contributed by atoms with van der Waals surface area (Å²) in [5.74, 6) is -0.120. The van der Waals surface area contributed by atoms with Gasteiger partial charge in [0.1, 0.15) is 5.75 Å². The van der Waals surface area contributed by atoms with Crippen molar-refractivity contribution in [3.05, 3.63) is 44.3 Å². The van der Waals surface area contributed by atoms with Crippen LogP contribution < -0.4 is 0 Å². The predicted octanol–water partition coefficient (Wildman–Crippen LogP) is 4.25. The van der Waals surface area contributed by atoms with Gasteiger partial charge in [0.25, 0.3) is 0 Å². The molecule has 0 radical (unpaired) electrons. The quantitative estimate of drug-likeness (QED) is 0.728. The Hall–Kier alpha value is -0.910. The maximum Gasteiger partial charge on any atom is 0.197 e. The van der Waals surface area contributed by atoms with E-state index in [1.807, 2.05) is 0 Å². The molecule has 0 bridgehead atoms. The minimum Gasteiger partial charge on any atom is -0.506 e. The average molecular weight is 391 g/mol. The standard InChI is InChI=1S/C12H6Br2ClNO2/c13-8-3-7(4-9(14)12(8)18)16-6-1-2-11(17)10(15)5-6/h1-5,18H. The van der Waals surface area contributed by atoms with E-state index in [9.17, 15) is 9.90 Å². The zero-order valence-corrected chi connectivity index (χ0v) is 12.8. The molecule has 92 valence electrons. The van der Waals surface area contributed by atoms with Gasteiger partial charge in [0, 0.05) is 0 Å². The third kappa shape index (κ3) is 2.91. The van der Waals surface area contributed by atoms with E-state index in [2.05, 4.69) is 36.9 Å². The zero-order chi connectivity index (χ0) is 13.3. The molecular weight excluding hydrogens is 385 g/mol. The Morgan fingerprint density at radius 3 is 2.33 bits per heavy atom. The van der Waals surface area contributed by atoms with Crippen LogP contribution in [0.1, 0.15) is 0 Å². The average Bonchev–Trinajstić information content (AvgIpc) is 2.31. The summed E-state index contributed by atoms with van der Waals surface area (Å²) in [5.41, 5.74) is 1.20. The van der Waals surface area contributed by atoms with Crippen LogP contribution in [0.5, 0.6) is 5.75 Å². The number of phenols is 1. The Morgan fingerprint density at radius 2 is 1.78 bits per heavy atom. The Kier molecular flexibility index (Phi) is 4.04. The van der Waals surface area contributed by atoms with Crippen molar-refractivity contribution < 1.29 is 9.90 Å². The van der Waals surface area contributed by atoms with Crippen LogP contribution in [0.25, 0.3) is 0 Å². The van der Waals surface area contributed by atoms with Gasteiger partial charge in [-0.1, -0.05) is 11.6 Å². The second kappa shape index (κ2) is 5.38. The van der Waals surface area contributed by atoms with Crippen LogP contribution in [0.3, 0.4) is 0 Å². The van der Waals surface area contributed by atoms with Crippen molar-refractivity contribution in [1.29, 1.82) is 0 Å². The van der Waals surface area contributed by atoms with Crippen LogP contribution in [0.2, 0.25) is 0 Å². The van der Waals surface area contributed by atoms with Crippen molar-refractivity contribution in [1.82, 2.24) is 0 Å². The van der Waals surface area contributed by atoms with Crippen LogP contribution in [0, 0.1) is 0 Å². The second-order valence-electron chi connectivity index (χ2n) is 3.48. The van der Waals surface area contributed by atoms with Gasteiger partial charge in [-0.3, -0.25) is 4.79 Å². The number of aliphatic imine (C=N–C) groups is 1. The van der Waals surface area contributed by atoms with Gasteiger partial charge in [-0.2, -0.15) is 0 Å². The van der Waals surface area contributed by atoms with Crippen molar-refractivity contribution >= 4 is 60.6 Å². The molecule has 0 fully saturated rings. The Morgan fingerprint density at radius 1 is 1.17 bits per heavy atom. The zero-order valence-electron chi connectivity index (χ0n) is 8.82. The van der Waals surface area contributed by atoms with E-state index in [0.717, 1.165) is 0 Å². The van der Waals surface area contributed by atoms with Gasteiger partial charge in [0.15, 0.2) is 5.78 Å². The minimum absolute atomic E-state index is 0.113. The third-order valence-electron chi connectivity index (χ3n) is 2.18. The fraction of sp³-hybridized carbons (Fsp3) is 0. The number of benzene rings is 1. The fourth-order valence-electron chi connectivity index (χ4n) is 1.33. The van der Waals surface area contributed by atoms with Gasteiger partial charge in [0.05, 0.1) is 25.4 Å². The molecule has 2 rings (SSSR count). The van der Waals surface area contributed by atoms with E-state index in [1.54, 1.807) is 18.2 Å². The normalized spacial score (nSPS) is 17.2. The van der Waals surface area contributed by atoms with Gasteiger partial charge < -0.3 is 5.11 Å². The highest BCUT2D eigenvalue weighted by molar-refractivity contribution is 9.11. The molecule has 0 atom stereocenters. The molecule has 18 heavy (non-hydrogen) atoms. The van der Waals surface area contributed by atoms with Crippen molar-refractivity contribution in [3.63, 3.8) is 0 Å². The number of phenolic OH excluding ortho intramolecular Hbond substituents is 1. The molecule has 1 aromatic carbocycles. The lowest BCUT2D eigenvalue weighted by molar-refractivity contribution is -0.110. The van der Waals surface area contributed by atoms with Gasteiger partial charge in [0.2, 0.25) is 0 Å². The Balaban J connectivity index is 2.41. The first-order chi connectivity index (χ1) is 8.47. The number of hydrogen-bond donors (Lipinski definition) is 1. The lowest BCUT2D eigenvalue weighted by Gasteiger charge is -2.05. The number of carbonyl (C=O) groups is 1. The first kappa shape index (κ1) is 13.5. The minimum atomic E-state index is -0.233. The molecule has 0 saturated carbocycles. The Bertz CT molecular complexity index is 597. The summed E-state index contributed by atoms with van der Waals surface area (Å²) in [6.07, 6.45) is 4.45. The van der Waals surface area contributed by atoms with Crippen molar-refractivity contribution in [3.8, 4) is 5.75 Å². The molecular formula is C12H6Br2ClNO2. The fourth-order valence-corrected chi connectivity index (χ4v) is 2.66. The molecule has 1 N–H and O–H groups in total. The van der Waals surface area contributed by atoms with Gasteiger partial charge in [-0.25, -0.2) is 4.99 Å². The number of ketones is 1. The smallest absolute Gasteiger partial charge is 0.197 e. The predicted molar refractivity (Wildman–Crippen MR) is 78.7 cm³/mol. The summed E-state index contributed by atoms with van der Waals surface area (Å²) >= 11 is 12.2. The number of allylic oxidation sites excluding steroid dienone is 4. The van der Waals surface area contributed by atoms with Crippen molar-refractivity contribution in [2.75, 3.05) is 0 Å². The molecule has 1 aliphatic carbocycles. The van der Waals surface area contributed by atoms with Crippen LogP contribution in [-0.4, -0.2) is 16.6 Å². The van der Waals surface area contributed by atoms with Crippen molar-refractivity contribution in [2.24, 2.45) is 4.99 Å². The molecule has 0 spiro atoms. The van der Waals surface area contributed by atoms with Gasteiger partial charge >= 0.3 is 0 Å². The molecule has 1 aliphatic rings. The monoisotopic (exact) mass is 389 g/mol. The van der Waals surface area contributed by atoms with Gasteiger partial charge in [-0.05, 0) is 62.2 Å². The molecule has 6 heteroatoms. The molecule has 0 aliphatic heterocycles. The maximum absolute atomic E-state index is 11.2. The summed E-state index contributed by atoms with van der Waals surface area (Å²) in [5, 5.41) is 9.71. The lowest BCUT2D eigenvalue weighted by atomic mass is 10.1. The number of rotatable bonds is 1.